The number of aryl methyl sites for hydroxylation is 1. The third-order valence-electron chi connectivity index (χ3n) is 7.03. The second-order valence-corrected chi connectivity index (χ2v) is 9.04. The van der Waals surface area contributed by atoms with Crippen LogP contribution in [0, 0.1) is 5.92 Å². The molecule has 1 aromatic carbocycles. The van der Waals surface area contributed by atoms with Crippen molar-refractivity contribution in [1.82, 2.24) is 14.5 Å². The molecule has 6 nitrogen and oxygen atoms in total. The zero-order valence-corrected chi connectivity index (χ0v) is 18.8. The van der Waals surface area contributed by atoms with E-state index in [1.54, 1.807) is 0 Å². The molecular weight excluding hydrogens is 412 g/mol. The predicted molar refractivity (Wildman–Crippen MR) is 132 cm³/mol. The molecule has 2 aliphatic heterocycles. The molecule has 0 spiro atoms. The molecular formula is C27H26N4O2. The van der Waals surface area contributed by atoms with Crippen LogP contribution in [0.15, 0.2) is 48.7 Å². The van der Waals surface area contributed by atoms with Crippen LogP contribution < -0.4 is 10.2 Å². The summed E-state index contributed by atoms with van der Waals surface area (Å²) in [6.45, 7) is 0.839. The van der Waals surface area contributed by atoms with Crippen molar-refractivity contribution in [3.63, 3.8) is 0 Å². The van der Waals surface area contributed by atoms with Gasteiger partial charge in [-0.05, 0) is 38.3 Å². The number of rotatable bonds is 4. The molecule has 1 N–H and O–H groups in total. The number of allylic oxidation sites excluding steroid dienone is 1. The maximum absolute atomic E-state index is 13.8. The van der Waals surface area contributed by atoms with Crippen molar-refractivity contribution < 1.29 is 9.59 Å². The molecule has 2 amide bonds. The number of hydrogen-bond acceptors (Lipinski definition) is 3. The molecule has 1 unspecified atom stereocenters. The minimum atomic E-state index is -0.272. The number of nitrogens with zero attached hydrogens (tertiary/aromatic N) is 3. The molecule has 0 saturated carbocycles. The fraction of sp³-hybridized carbons (Fsp3) is 0.259. The lowest BCUT2D eigenvalue weighted by Gasteiger charge is -2.22. The fourth-order valence-electron chi connectivity index (χ4n) is 5.53. The molecule has 6 heteroatoms. The van der Waals surface area contributed by atoms with Crippen LogP contribution in [0.5, 0.6) is 0 Å². The van der Waals surface area contributed by atoms with Crippen molar-refractivity contribution >= 4 is 46.3 Å². The molecule has 4 heterocycles. The lowest BCUT2D eigenvalue weighted by molar-refractivity contribution is -0.119. The lowest BCUT2D eigenvalue weighted by atomic mass is 9.97. The number of carbonyl (C=O) groups is 2. The molecule has 33 heavy (non-hydrogen) atoms. The van der Waals surface area contributed by atoms with Crippen LogP contribution in [0.1, 0.15) is 28.9 Å². The highest BCUT2D eigenvalue weighted by Gasteiger charge is 2.39. The van der Waals surface area contributed by atoms with Gasteiger partial charge in [0.05, 0.1) is 16.8 Å². The third-order valence-corrected chi connectivity index (χ3v) is 7.03. The van der Waals surface area contributed by atoms with Gasteiger partial charge < -0.3 is 14.5 Å². The van der Waals surface area contributed by atoms with Crippen molar-refractivity contribution in [2.75, 3.05) is 18.5 Å². The van der Waals surface area contributed by atoms with Crippen molar-refractivity contribution in [2.45, 2.75) is 19.3 Å². The highest BCUT2D eigenvalue weighted by molar-refractivity contribution is 6.45. The monoisotopic (exact) mass is 438 g/mol. The molecule has 3 aromatic rings. The maximum atomic E-state index is 13.8. The standard InChI is InChI=1S/C27H26N4O2/c1-28-15-17-11-12-30-23-10-6-4-8-19(23)26(24(30)13-17)31-25(32)14-20(27(31)33)21-16-29(2)22-9-5-3-7-18(21)22/h3-4,6-8,10-12,14,16-17,28H,5,9,13,15H2,1-2H3. The minimum absolute atomic E-state index is 0.244. The van der Waals surface area contributed by atoms with Gasteiger partial charge in [0.25, 0.3) is 11.8 Å². The van der Waals surface area contributed by atoms with E-state index in [4.69, 9.17) is 0 Å². The van der Waals surface area contributed by atoms with Gasteiger partial charge in [0.2, 0.25) is 0 Å². The first-order valence-electron chi connectivity index (χ1n) is 11.5. The van der Waals surface area contributed by atoms with Gasteiger partial charge in [-0.3, -0.25) is 9.59 Å². The number of amides is 2. The minimum Gasteiger partial charge on any atom is -0.353 e. The molecule has 0 bridgehead atoms. The first-order valence-corrected chi connectivity index (χ1v) is 11.5. The molecule has 2 aromatic heterocycles. The lowest BCUT2D eigenvalue weighted by Crippen LogP contribution is -2.32. The van der Waals surface area contributed by atoms with E-state index in [2.05, 4.69) is 38.9 Å². The summed E-state index contributed by atoms with van der Waals surface area (Å²) in [7, 11) is 3.95. The molecule has 3 aliphatic rings. The zero-order chi connectivity index (χ0) is 22.7. The Hall–Kier alpha value is -3.64. The summed E-state index contributed by atoms with van der Waals surface area (Å²) in [5.41, 5.74) is 6.32. The summed E-state index contributed by atoms with van der Waals surface area (Å²) in [5, 5.41) is 4.17. The van der Waals surface area contributed by atoms with Crippen LogP contribution >= 0.6 is 0 Å². The Morgan fingerprint density at radius 3 is 2.85 bits per heavy atom. The normalized spacial score (nSPS) is 19.4. The highest BCUT2D eigenvalue weighted by Crippen LogP contribution is 2.42. The number of imide groups is 1. The Bertz CT molecular complexity index is 1420. The summed E-state index contributed by atoms with van der Waals surface area (Å²) in [5.74, 6) is -0.213. The first kappa shape index (κ1) is 20.0. The average molecular weight is 439 g/mol. The number of hydrogen-bond donors (Lipinski definition) is 1. The fourth-order valence-corrected chi connectivity index (χ4v) is 5.53. The van der Waals surface area contributed by atoms with Gasteiger partial charge in [0.1, 0.15) is 0 Å². The van der Waals surface area contributed by atoms with E-state index in [1.165, 1.54) is 16.7 Å². The predicted octanol–water partition coefficient (Wildman–Crippen LogP) is 3.76. The van der Waals surface area contributed by atoms with Crippen LogP contribution in [0.2, 0.25) is 0 Å². The topological polar surface area (TPSA) is 59.3 Å². The Kier molecular flexibility index (Phi) is 4.52. The van der Waals surface area contributed by atoms with Crippen LogP contribution in [0.25, 0.3) is 28.8 Å². The number of benzene rings is 1. The number of para-hydroxylation sites is 1. The molecule has 1 atom stereocenters. The second kappa shape index (κ2) is 7.46. The van der Waals surface area contributed by atoms with Crippen molar-refractivity contribution in [3.8, 4) is 0 Å². The van der Waals surface area contributed by atoms with Crippen LogP contribution in [0.4, 0.5) is 5.69 Å². The Balaban J connectivity index is 1.48. The van der Waals surface area contributed by atoms with Gasteiger partial charge in [-0.15, -0.1) is 0 Å². The van der Waals surface area contributed by atoms with Gasteiger partial charge >= 0.3 is 0 Å². The van der Waals surface area contributed by atoms with Gasteiger partial charge in [0, 0.05) is 60.0 Å². The maximum Gasteiger partial charge on any atom is 0.266 e. The van der Waals surface area contributed by atoms with E-state index in [9.17, 15) is 9.59 Å². The third kappa shape index (κ3) is 2.91. The largest absolute Gasteiger partial charge is 0.353 e. The molecule has 0 radical (unpaired) electrons. The van der Waals surface area contributed by atoms with Crippen molar-refractivity contribution in [3.05, 3.63) is 71.2 Å². The molecule has 166 valence electrons. The summed E-state index contributed by atoms with van der Waals surface area (Å²) in [4.78, 5) is 28.5. The quantitative estimate of drug-likeness (QED) is 0.631. The summed E-state index contributed by atoms with van der Waals surface area (Å²) in [6.07, 6.45) is 14.7. The number of aromatic nitrogens is 2. The van der Waals surface area contributed by atoms with E-state index in [0.29, 0.717) is 11.5 Å². The first-order chi connectivity index (χ1) is 16.1. The average Bonchev–Trinajstić information content (AvgIpc) is 3.43. The zero-order valence-electron chi connectivity index (χ0n) is 18.8. The van der Waals surface area contributed by atoms with E-state index >= 15 is 0 Å². The molecule has 1 aliphatic carbocycles. The van der Waals surface area contributed by atoms with Gasteiger partial charge in [-0.2, -0.15) is 0 Å². The van der Waals surface area contributed by atoms with Crippen LogP contribution in [-0.4, -0.2) is 34.5 Å². The highest BCUT2D eigenvalue weighted by atomic mass is 16.2. The van der Waals surface area contributed by atoms with Crippen LogP contribution in [-0.2, 0) is 29.5 Å². The second-order valence-electron chi connectivity index (χ2n) is 9.04. The SMILES string of the molecule is CNCC1C=Cn2c(c(N3C(=O)C=C(c4cn(C)c5c4C=CCC5)C3=O)c3ccccc32)C1. The van der Waals surface area contributed by atoms with Crippen molar-refractivity contribution in [2.24, 2.45) is 13.0 Å². The molecule has 0 fully saturated rings. The van der Waals surface area contributed by atoms with E-state index in [1.807, 2.05) is 44.6 Å². The van der Waals surface area contributed by atoms with E-state index in [0.717, 1.165) is 59.2 Å². The molecule has 0 saturated heterocycles. The Morgan fingerprint density at radius 1 is 1.15 bits per heavy atom. The number of nitrogens with one attached hydrogen (secondary N) is 1. The summed E-state index contributed by atoms with van der Waals surface area (Å²) >= 11 is 0. The van der Waals surface area contributed by atoms with E-state index < -0.39 is 0 Å². The number of fused-ring (bicyclic) bond motifs is 4. The Morgan fingerprint density at radius 2 is 2.00 bits per heavy atom. The van der Waals surface area contributed by atoms with Gasteiger partial charge in [-0.1, -0.05) is 36.4 Å². The smallest absolute Gasteiger partial charge is 0.266 e. The van der Waals surface area contributed by atoms with Gasteiger partial charge in [-0.25, -0.2) is 4.90 Å². The van der Waals surface area contributed by atoms with Crippen LogP contribution in [0.3, 0.4) is 0 Å². The van der Waals surface area contributed by atoms with E-state index in [-0.39, 0.29) is 11.8 Å². The summed E-state index contributed by atoms with van der Waals surface area (Å²) < 4.78 is 4.21. The Labute approximate surface area is 192 Å². The molecule has 6 rings (SSSR count). The van der Waals surface area contributed by atoms with Gasteiger partial charge in [0.15, 0.2) is 0 Å². The number of carbonyl (C=O) groups excluding carboxylic acids is 2. The van der Waals surface area contributed by atoms with Crippen molar-refractivity contribution in [1.29, 1.82) is 0 Å². The number of anilines is 1. The summed E-state index contributed by atoms with van der Waals surface area (Å²) in [6, 6.07) is 8.00.